The van der Waals surface area contributed by atoms with Crippen LogP contribution in [0.1, 0.15) is 18.5 Å². The Morgan fingerprint density at radius 2 is 2.00 bits per heavy atom. The summed E-state index contributed by atoms with van der Waals surface area (Å²) >= 11 is 0. The molecule has 3 unspecified atom stereocenters. The lowest BCUT2D eigenvalue weighted by molar-refractivity contribution is -0.220. The highest BCUT2D eigenvalue weighted by Gasteiger charge is 2.38. The van der Waals surface area contributed by atoms with E-state index in [1.807, 2.05) is 6.92 Å². The van der Waals surface area contributed by atoms with Gasteiger partial charge in [-0.25, -0.2) is 4.39 Å². The summed E-state index contributed by atoms with van der Waals surface area (Å²) in [5, 5.41) is 10.6. The zero-order valence-electron chi connectivity index (χ0n) is 17.1. The normalized spacial score (nSPS) is 24.2. The van der Waals surface area contributed by atoms with E-state index in [0.717, 1.165) is 5.56 Å². The lowest BCUT2D eigenvalue weighted by Gasteiger charge is -2.44. The predicted molar refractivity (Wildman–Crippen MR) is 108 cm³/mol. The number of morpholine rings is 1. The van der Waals surface area contributed by atoms with Gasteiger partial charge in [0.15, 0.2) is 0 Å². The van der Waals surface area contributed by atoms with Gasteiger partial charge in [-0.2, -0.15) is 0 Å². The Morgan fingerprint density at radius 1 is 1.16 bits per heavy atom. The number of ether oxygens (including phenoxy) is 2. The van der Waals surface area contributed by atoms with Gasteiger partial charge in [-0.3, -0.25) is 4.90 Å². The number of rotatable bonds is 3. The van der Waals surface area contributed by atoms with Crippen LogP contribution in [0.5, 0.6) is 5.75 Å². The van der Waals surface area contributed by atoms with Crippen LogP contribution in [0.3, 0.4) is 0 Å². The van der Waals surface area contributed by atoms with Gasteiger partial charge >= 0.3 is 6.30 Å². The zero-order valence-corrected chi connectivity index (χ0v) is 17.1. The van der Waals surface area contributed by atoms with Crippen molar-refractivity contribution in [1.29, 1.82) is 0 Å². The van der Waals surface area contributed by atoms with E-state index >= 15 is 0 Å². The first-order valence-corrected chi connectivity index (χ1v) is 10.3. The molecule has 1 N–H and O–H groups in total. The first-order valence-electron chi connectivity index (χ1n) is 10.3. The second-order valence-corrected chi connectivity index (χ2v) is 7.99. The fourth-order valence-electron chi connectivity index (χ4n) is 4.34. The van der Waals surface area contributed by atoms with E-state index in [9.17, 15) is 17.6 Å². The maximum absolute atomic E-state index is 13.8. The summed E-state index contributed by atoms with van der Waals surface area (Å²) in [6, 6.07) is 8.56. The van der Waals surface area contributed by atoms with Crippen molar-refractivity contribution >= 4 is 16.7 Å². The molecule has 32 heavy (non-hydrogen) atoms. The average molecular weight is 451 g/mol. The van der Waals surface area contributed by atoms with Crippen molar-refractivity contribution < 1.29 is 27.0 Å². The fraction of sp³-hybridized carbons (Fsp3) is 0.429. The number of hydrogen-bond acceptors (Lipinski definition) is 6. The van der Waals surface area contributed by atoms with E-state index in [0.29, 0.717) is 37.7 Å². The molecule has 3 aromatic rings. The topological polar surface area (TPSA) is 64.4 Å². The van der Waals surface area contributed by atoms with Crippen molar-refractivity contribution in [2.75, 3.05) is 31.6 Å². The molecule has 170 valence electrons. The van der Waals surface area contributed by atoms with Gasteiger partial charge < -0.3 is 14.8 Å². The summed E-state index contributed by atoms with van der Waals surface area (Å²) in [5.41, 5.74) is 1.36. The second-order valence-electron chi connectivity index (χ2n) is 7.99. The molecule has 5 rings (SSSR count). The molecule has 2 aliphatic heterocycles. The van der Waals surface area contributed by atoms with Gasteiger partial charge in [0.1, 0.15) is 29.2 Å². The number of benzene rings is 2. The van der Waals surface area contributed by atoms with Crippen LogP contribution in [0.15, 0.2) is 36.4 Å². The zero-order chi connectivity index (χ0) is 22.5. The molecule has 0 amide bonds. The van der Waals surface area contributed by atoms with E-state index in [2.05, 4.69) is 20.4 Å². The van der Waals surface area contributed by atoms with Crippen LogP contribution in [0, 0.1) is 5.82 Å². The van der Waals surface area contributed by atoms with Gasteiger partial charge in [0.25, 0.3) is 0 Å². The quantitative estimate of drug-likeness (QED) is 0.613. The SMILES string of the molecule is CC1CN(C2COc3cc(F)ccc3C2Nc2cccc3nn(C(F)(F)F)nc23)CCO1. The summed E-state index contributed by atoms with van der Waals surface area (Å²) in [4.78, 5) is 1.99. The van der Waals surface area contributed by atoms with Crippen LogP contribution in [-0.4, -0.2) is 58.3 Å². The summed E-state index contributed by atoms with van der Waals surface area (Å²) in [6.45, 7) is 4.21. The van der Waals surface area contributed by atoms with E-state index in [1.54, 1.807) is 18.2 Å². The number of fused-ring (bicyclic) bond motifs is 2. The van der Waals surface area contributed by atoms with E-state index in [4.69, 9.17) is 9.47 Å². The fourth-order valence-corrected chi connectivity index (χ4v) is 4.34. The van der Waals surface area contributed by atoms with Crippen molar-refractivity contribution in [2.45, 2.75) is 31.4 Å². The van der Waals surface area contributed by atoms with Crippen LogP contribution < -0.4 is 10.1 Å². The Bertz CT molecular complexity index is 1140. The summed E-state index contributed by atoms with van der Waals surface area (Å²) in [7, 11) is 0. The Kier molecular flexibility index (Phi) is 5.17. The summed E-state index contributed by atoms with van der Waals surface area (Å²) < 4.78 is 64.8. The Balaban J connectivity index is 1.55. The van der Waals surface area contributed by atoms with Gasteiger partial charge in [0.2, 0.25) is 0 Å². The summed E-state index contributed by atoms with van der Waals surface area (Å²) in [6.07, 6.45) is -4.68. The molecule has 3 heterocycles. The molecule has 2 aromatic carbocycles. The minimum absolute atomic E-state index is 0.0362. The number of nitrogens with one attached hydrogen (secondary N) is 1. The third-order valence-corrected chi connectivity index (χ3v) is 5.80. The van der Waals surface area contributed by atoms with E-state index in [1.165, 1.54) is 18.2 Å². The standard InChI is InChI=1S/C21H21F4N5O2/c1-12-10-29(7-8-31-12)17-11-32-18-9-13(22)5-6-14(18)19(17)26-15-3-2-4-16-20(15)28-30(27-16)21(23,24)25/h2-6,9,12,17,19,26H,7-8,10-11H2,1H3. The number of nitrogens with zero attached hydrogens (tertiary/aromatic N) is 4. The molecular formula is C21H21F4N5O2. The van der Waals surface area contributed by atoms with Crippen molar-refractivity contribution in [1.82, 2.24) is 19.9 Å². The van der Waals surface area contributed by atoms with Crippen molar-refractivity contribution in [3.63, 3.8) is 0 Å². The minimum Gasteiger partial charge on any atom is -0.491 e. The van der Waals surface area contributed by atoms with Crippen molar-refractivity contribution in [2.24, 2.45) is 0 Å². The smallest absolute Gasteiger partial charge is 0.491 e. The molecule has 11 heteroatoms. The third-order valence-electron chi connectivity index (χ3n) is 5.80. The molecule has 0 bridgehead atoms. The van der Waals surface area contributed by atoms with E-state index in [-0.39, 0.29) is 34.0 Å². The third kappa shape index (κ3) is 3.86. The Labute approximate surface area is 180 Å². The van der Waals surface area contributed by atoms with Crippen LogP contribution in [0.4, 0.5) is 23.2 Å². The summed E-state index contributed by atoms with van der Waals surface area (Å²) in [5.74, 6) is -0.0117. The molecule has 3 atom stereocenters. The van der Waals surface area contributed by atoms with Gasteiger partial charge in [-0.05, 0) is 25.1 Å². The number of hydrogen-bond donors (Lipinski definition) is 1. The molecule has 0 aliphatic carbocycles. The van der Waals surface area contributed by atoms with Gasteiger partial charge in [0, 0.05) is 24.7 Å². The van der Waals surface area contributed by atoms with Gasteiger partial charge in [0.05, 0.1) is 30.5 Å². The first kappa shape index (κ1) is 21.0. The molecular weight excluding hydrogens is 430 g/mol. The molecule has 2 aliphatic rings. The number of alkyl halides is 3. The van der Waals surface area contributed by atoms with Gasteiger partial charge in [-0.1, -0.05) is 16.9 Å². The lowest BCUT2D eigenvalue weighted by Crippen LogP contribution is -2.54. The second kappa shape index (κ2) is 7.89. The molecule has 1 saturated heterocycles. The number of aromatic nitrogens is 3. The molecule has 7 nitrogen and oxygen atoms in total. The van der Waals surface area contributed by atoms with Crippen LogP contribution in [-0.2, 0) is 11.0 Å². The lowest BCUT2D eigenvalue weighted by atomic mass is 9.94. The highest BCUT2D eigenvalue weighted by Crippen LogP contribution is 2.38. The average Bonchev–Trinajstić information content (AvgIpc) is 3.20. The molecule has 1 fully saturated rings. The molecule has 0 saturated carbocycles. The largest absolute Gasteiger partial charge is 0.521 e. The van der Waals surface area contributed by atoms with Crippen LogP contribution in [0.25, 0.3) is 11.0 Å². The maximum atomic E-state index is 13.8. The van der Waals surface area contributed by atoms with Crippen molar-refractivity contribution in [3.05, 3.63) is 47.8 Å². The Hall–Kier alpha value is -2.92. The monoisotopic (exact) mass is 451 g/mol. The van der Waals surface area contributed by atoms with E-state index < -0.39 is 12.1 Å². The molecule has 1 aromatic heterocycles. The predicted octanol–water partition coefficient (Wildman–Crippen LogP) is 3.68. The number of anilines is 1. The highest BCUT2D eigenvalue weighted by atomic mass is 19.4. The molecule has 0 radical (unpaired) electrons. The Morgan fingerprint density at radius 3 is 2.78 bits per heavy atom. The minimum atomic E-state index is -4.72. The van der Waals surface area contributed by atoms with Crippen LogP contribution in [0.2, 0.25) is 0 Å². The maximum Gasteiger partial charge on any atom is 0.521 e. The van der Waals surface area contributed by atoms with Gasteiger partial charge in [-0.15, -0.1) is 23.4 Å². The number of halogens is 4. The van der Waals surface area contributed by atoms with Crippen molar-refractivity contribution in [3.8, 4) is 5.75 Å². The van der Waals surface area contributed by atoms with Crippen LogP contribution >= 0.6 is 0 Å². The molecule has 0 spiro atoms. The highest BCUT2D eigenvalue weighted by molar-refractivity contribution is 5.87. The first-order chi connectivity index (χ1) is 15.3.